The monoisotopic (exact) mass is 336 g/mol. The third kappa shape index (κ3) is 3.85. The summed E-state index contributed by atoms with van der Waals surface area (Å²) < 4.78 is 1.33. The van der Waals surface area contributed by atoms with Crippen molar-refractivity contribution in [3.05, 3.63) is 70.8 Å². The van der Waals surface area contributed by atoms with Crippen LogP contribution in [0.1, 0.15) is 5.56 Å². The summed E-state index contributed by atoms with van der Waals surface area (Å²) in [5, 5.41) is 3.34. The van der Waals surface area contributed by atoms with E-state index in [4.69, 9.17) is 0 Å². The molecule has 0 saturated carbocycles. The second-order valence-corrected chi connectivity index (χ2v) is 6.03. The van der Waals surface area contributed by atoms with E-state index in [1.165, 1.54) is 10.9 Å². The Balaban J connectivity index is 1.65. The zero-order valence-electron chi connectivity index (χ0n) is 14.3. The van der Waals surface area contributed by atoms with E-state index in [1.807, 2.05) is 49.3 Å². The maximum absolute atomic E-state index is 12.4. The highest BCUT2D eigenvalue weighted by molar-refractivity contribution is 5.78. The van der Waals surface area contributed by atoms with Gasteiger partial charge in [0.1, 0.15) is 6.54 Å². The number of rotatable bonds is 5. The molecule has 0 aliphatic heterocycles. The van der Waals surface area contributed by atoms with E-state index in [2.05, 4.69) is 10.3 Å². The standard InChI is InChI=1S/C19H20N4O2/c1-22(2)15-9-7-14(8-10-15)11-20-18(24)12-23-13-21-17-6-4-3-5-16(17)19(23)25/h3-10,13H,11-12H2,1-2H3,(H,20,24). The summed E-state index contributed by atoms with van der Waals surface area (Å²) in [6, 6.07) is 15.0. The Labute approximate surface area is 145 Å². The first-order valence-corrected chi connectivity index (χ1v) is 8.02. The molecule has 1 N–H and O–H groups in total. The normalized spacial score (nSPS) is 10.6. The van der Waals surface area contributed by atoms with Gasteiger partial charge in [0, 0.05) is 26.3 Å². The molecule has 0 aliphatic rings. The van der Waals surface area contributed by atoms with Crippen LogP contribution in [0.5, 0.6) is 0 Å². The van der Waals surface area contributed by atoms with Crippen LogP contribution >= 0.6 is 0 Å². The van der Waals surface area contributed by atoms with Crippen LogP contribution < -0.4 is 15.8 Å². The number of nitrogens with zero attached hydrogens (tertiary/aromatic N) is 3. The van der Waals surface area contributed by atoms with Crippen molar-refractivity contribution in [2.45, 2.75) is 13.1 Å². The van der Waals surface area contributed by atoms with Crippen LogP contribution in [0.2, 0.25) is 0 Å². The minimum atomic E-state index is -0.226. The van der Waals surface area contributed by atoms with Gasteiger partial charge in [-0.15, -0.1) is 0 Å². The van der Waals surface area contributed by atoms with E-state index >= 15 is 0 Å². The molecule has 1 amide bonds. The second kappa shape index (κ2) is 7.17. The number of carbonyl (C=O) groups excluding carboxylic acids is 1. The molecule has 0 saturated heterocycles. The van der Waals surface area contributed by atoms with Crippen LogP contribution in [0.25, 0.3) is 10.9 Å². The molecule has 128 valence electrons. The third-order valence-electron chi connectivity index (χ3n) is 3.99. The van der Waals surface area contributed by atoms with E-state index in [9.17, 15) is 9.59 Å². The molecule has 6 nitrogen and oxygen atoms in total. The van der Waals surface area contributed by atoms with Crippen molar-refractivity contribution >= 4 is 22.5 Å². The number of anilines is 1. The van der Waals surface area contributed by atoms with Gasteiger partial charge in [-0.05, 0) is 29.8 Å². The number of para-hydroxylation sites is 1. The fraction of sp³-hybridized carbons (Fsp3) is 0.211. The van der Waals surface area contributed by atoms with Crippen LogP contribution in [0, 0.1) is 0 Å². The molecule has 3 aromatic rings. The molecule has 0 aliphatic carbocycles. The number of hydrogen-bond acceptors (Lipinski definition) is 4. The number of hydrogen-bond donors (Lipinski definition) is 1. The molecular weight excluding hydrogens is 316 g/mol. The number of nitrogens with one attached hydrogen (secondary N) is 1. The zero-order chi connectivity index (χ0) is 17.8. The first-order valence-electron chi connectivity index (χ1n) is 8.02. The van der Waals surface area contributed by atoms with Crippen molar-refractivity contribution in [1.82, 2.24) is 14.9 Å². The topological polar surface area (TPSA) is 67.2 Å². The van der Waals surface area contributed by atoms with Gasteiger partial charge in [0.05, 0.1) is 17.2 Å². The molecule has 0 unspecified atom stereocenters. The first kappa shape index (κ1) is 16.7. The SMILES string of the molecule is CN(C)c1ccc(CNC(=O)Cn2cnc3ccccc3c2=O)cc1. The Morgan fingerprint density at radius 2 is 1.84 bits per heavy atom. The Hall–Kier alpha value is -3.15. The maximum Gasteiger partial charge on any atom is 0.261 e. The highest BCUT2D eigenvalue weighted by Crippen LogP contribution is 2.12. The molecule has 0 bridgehead atoms. The van der Waals surface area contributed by atoms with Gasteiger partial charge in [0.2, 0.25) is 5.91 Å². The Kier molecular flexibility index (Phi) is 4.79. The Morgan fingerprint density at radius 1 is 1.12 bits per heavy atom. The molecule has 0 spiro atoms. The van der Waals surface area contributed by atoms with Crippen LogP contribution in [-0.2, 0) is 17.9 Å². The number of carbonyl (C=O) groups is 1. The molecule has 0 fully saturated rings. The van der Waals surface area contributed by atoms with Crippen LogP contribution in [-0.4, -0.2) is 29.6 Å². The van der Waals surface area contributed by atoms with Crippen molar-refractivity contribution in [1.29, 1.82) is 0 Å². The Bertz CT molecular complexity index is 946. The minimum absolute atomic E-state index is 0.0492. The fourth-order valence-electron chi connectivity index (χ4n) is 2.54. The molecular formula is C19H20N4O2. The lowest BCUT2D eigenvalue weighted by atomic mass is 10.2. The third-order valence-corrected chi connectivity index (χ3v) is 3.99. The molecule has 1 aromatic heterocycles. The molecule has 0 radical (unpaired) electrons. The summed E-state index contributed by atoms with van der Waals surface area (Å²) in [6.45, 7) is 0.370. The van der Waals surface area contributed by atoms with Gasteiger partial charge in [-0.2, -0.15) is 0 Å². The van der Waals surface area contributed by atoms with Gasteiger partial charge in [-0.25, -0.2) is 4.98 Å². The van der Waals surface area contributed by atoms with E-state index in [-0.39, 0.29) is 18.0 Å². The van der Waals surface area contributed by atoms with E-state index < -0.39 is 0 Å². The first-order chi connectivity index (χ1) is 12.0. The quantitative estimate of drug-likeness (QED) is 0.771. The molecule has 25 heavy (non-hydrogen) atoms. The van der Waals surface area contributed by atoms with E-state index in [1.54, 1.807) is 18.2 Å². The van der Waals surface area contributed by atoms with Crippen molar-refractivity contribution in [3.8, 4) is 0 Å². The molecule has 3 rings (SSSR count). The van der Waals surface area contributed by atoms with Crippen LogP contribution in [0.4, 0.5) is 5.69 Å². The van der Waals surface area contributed by atoms with Gasteiger partial charge in [0.15, 0.2) is 0 Å². The fourth-order valence-corrected chi connectivity index (χ4v) is 2.54. The lowest BCUT2D eigenvalue weighted by Crippen LogP contribution is -2.32. The van der Waals surface area contributed by atoms with Gasteiger partial charge in [-0.1, -0.05) is 24.3 Å². The average Bonchev–Trinajstić information content (AvgIpc) is 2.63. The predicted octanol–water partition coefficient (Wildman–Crippen LogP) is 1.78. The summed E-state index contributed by atoms with van der Waals surface area (Å²) in [5.41, 5.74) is 2.52. The molecule has 1 heterocycles. The average molecular weight is 336 g/mol. The Morgan fingerprint density at radius 3 is 2.56 bits per heavy atom. The lowest BCUT2D eigenvalue weighted by molar-refractivity contribution is -0.121. The summed E-state index contributed by atoms with van der Waals surface area (Å²) >= 11 is 0. The van der Waals surface area contributed by atoms with Crippen LogP contribution in [0.3, 0.4) is 0 Å². The number of fused-ring (bicyclic) bond motifs is 1. The number of amides is 1. The zero-order valence-corrected chi connectivity index (χ0v) is 14.3. The smallest absolute Gasteiger partial charge is 0.261 e. The van der Waals surface area contributed by atoms with Crippen molar-refractivity contribution in [2.75, 3.05) is 19.0 Å². The van der Waals surface area contributed by atoms with E-state index in [0.29, 0.717) is 17.4 Å². The van der Waals surface area contributed by atoms with E-state index in [0.717, 1.165) is 11.3 Å². The highest BCUT2D eigenvalue weighted by atomic mass is 16.2. The molecule has 6 heteroatoms. The number of aromatic nitrogens is 2. The van der Waals surface area contributed by atoms with Gasteiger partial charge in [0.25, 0.3) is 5.56 Å². The van der Waals surface area contributed by atoms with Gasteiger partial charge >= 0.3 is 0 Å². The minimum Gasteiger partial charge on any atom is -0.378 e. The summed E-state index contributed by atoms with van der Waals surface area (Å²) in [4.78, 5) is 30.8. The number of benzene rings is 2. The van der Waals surface area contributed by atoms with Crippen molar-refractivity contribution < 1.29 is 4.79 Å². The van der Waals surface area contributed by atoms with Crippen molar-refractivity contribution in [2.24, 2.45) is 0 Å². The summed E-state index contributed by atoms with van der Waals surface area (Å²) in [6.07, 6.45) is 1.41. The highest BCUT2D eigenvalue weighted by Gasteiger charge is 2.08. The predicted molar refractivity (Wildman–Crippen MR) is 98.6 cm³/mol. The van der Waals surface area contributed by atoms with Crippen molar-refractivity contribution in [3.63, 3.8) is 0 Å². The molecule has 2 aromatic carbocycles. The second-order valence-electron chi connectivity index (χ2n) is 6.03. The summed E-state index contributed by atoms with van der Waals surface area (Å²) in [5.74, 6) is -0.226. The largest absolute Gasteiger partial charge is 0.378 e. The summed E-state index contributed by atoms with van der Waals surface area (Å²) in [7, 11) is 3.96. The van der Waals surface area contributed by atoms with Crippen LogP contribution in [0.15, 0.2) is 59.7 Å². The lowest BCUT2D eigenvalue weighted by Gasteiger charge is -2.13. The van der Waals surface area contributed by atoms with Gasteiger partial charge in [-0.3, -0.25) is 14.2 Å². The molecule has 0 atom stereocenters. The van der Waals surface area contributed by atoms with Gasteiger partial charge < -0.3 is 10.2 Å². The maximum atomic E-state index is 12.4.